The zero-order valence-electron chi connectivity index (χ0n) is 9.91. The van der Waals surface area contributed by atoms with Gasteiger partial charge in [0.2, 0.25) is 0 Å². The maximum absolute atomic E-state index is 5.98. The van der Waals surface area contributed by atoms with Gasteiger partial charge in [-0.2, -0.15) is 0 Å². The Labute approximate surface area is 93.3 Å². The topological polar surface area (TPSA) is 44.5 Å². The molecule has 1 saturated heterocycles. The van der Waals surface area contributed by atoms with Crippen molar-refractivity contribution < 1.29 is 9.47 Å². The number of hydrogen-bond acceptors (Lipinski definition) is 3. The van der Waals surface area contributed by atoms with Gasteiger partial charge >= 0.3 is 0 Å². The van der Waals surface area contributed by atoms with Crippen LogP contribution in [0, 0.1) is 0 Å². The van der Waals surface area contributed by atoms with Crippen molar-refractivity contribution in [1.29, 1.82) is 0 Å². The molecule has 2 unspecified atom stereocenters. The van der Waals surface area contributed by atoms with Crippen LogP contribution >= 0.6 is 0 Å². The highest BCUT2D eigenvalue weighted by molar-refractivity contribution is 4.67. The quantitative estimate of drug-likeness (QED) is 0.631. The van der Waals surface area contributed by atoms with Crippen molar-refractivity contribution in [1.82, 2.24) is 0 Å². The van der Waals surface area contributed by atoms with Crippen LogP contribution in [0.15, 0.2) is 0 Å². The van der Waals surface area contributed by atoms with E-state index in [-0.39, 0.29) is 0 Å². The molecule has 1 rings (SSSR count). The van der Waals surface area contributed by atoms with Gasteiger partial charge in [-0.1, -0.05) is 0 Å². The van der Waals surface area contributed by atoms with Crippen LogP contribution in [0.2, 0.25) is 0 Å². The molecule has 1 aliphatic rings. The van der Waals surface area contributed by atoms with E-state index in [1.165, 1.54) is 25.7 Å². The minimum atomic E-state index is 0.304. The number of hydrogen-bond donors (Lipinski definition) is 1. The number of rotatable bonds is 8. The van der Waals surface area contributed by atoms with Crippen LogP contribution in [-0.2, 0) is 9.47 Å². The SMILES string of the molecule is CCOCCC(N)CCCC1CCCO1. The van der Waals surface area contributed by atoms with Gasteiger partial charge in [0.15, 0.2) is 0 Å². The first-order chi connectivity index (χ1) is 7.33. The van der Waals surface area contributed by atoms with Gasteiger partial charge < -0.3 is 15.2 Å². The predicted molar refractivity (Wildman–Crippen MR) is 61.9 cm³/mol. The molecule has 15 heavy (non-hydrogen) atoms. The van der Waals surface area contributed by atoms with Crippen LogP contribution < -0.4 is 5.73 Å². The molecule has 3 nitrogen and oxygen atoms in total. The highest BCUT2D eigenvalue weighted by Gasteiger charge is 2.15. The normalized spacial score (nSPS) is 23.2. The molecule has 2 N–H and O–H groups in total. The van der Waals surface area contributed by atoms with Crippen LogP contribution in [-0.4, -0.2) is 32.0 Å². The Kier molecular flexibility index (Phi) is 6.98. The second-order valence-electron chi connectivity index (χ2n) is 4.31. The highest BCUT2D eigenvalue weighted by Crippen LogP contribution is 2.18. The fourth-order valence-corrected chi connectivity index (χ4v) is 2.00. The van der Waals surface area contributed by atoms with Crippen LogP contribution in [0.4, 0.5) is 0 Å². The summed E-state index contributed by atoms with van der Waals surface area (Å²) in [6, 6.07) is 0.304. The number of ether oxygens (including phenoxy) is 2. The Hall–Kier alpha value is -0.120. The molecule has 1 heterocycles. The van der Waals surface area contributed by atoms with Gasteiger partial charge in [0.05, 0.1) is 6.10 Å². The molecule has 2 atom stereocenters. The summed E-state index contributed by atoms with van der Waals surface area (Å²) >= 11 is 0. The average molecular weight is 215 g/mol. The van der Waals surface area contributed by atoms with E-state index in [1.54, 1.807) is 0 Å². The van der Waals surface area contributed by atoms with Crippen molar-refractivity contribution in [3.63, 3.8) is 0 Å². The molecular formula is C12H25NO2. The molecule has 1 aliphatic heterocycles. The molecule has 0 aromatic carbocycles. The molecule has 3 heteroatoms. The summed E-state index contributed by atoms with van der Waals surface area (Å²) < 4.78 is 10.8. The first-order valence-electron chi connectivity index (χ1n) is 6.28. The van der Waals surface area contributed by atoms with Gasteiger partial charge in [0.25, 0.3) is 0 Å². The standard InChI is InChI=1S/C12H25NO2/c1-2-14-10-8-11(13)5-3-6-12-7-4-9-15-12/h11-12H,2-10,13H2,1H3. The van der Waals surface area contributed by atoms with Crippen LogP contribution in [0.3, 0.4) is 0 Å². The average Bonchev–Trinajstić information content (AvgIpc) is 2.71. The molecule has 0 aromatic heterocycles. The van der Waals surface area contributed by atoms with E-state index in [0.29, 0.717) is 12.1 Å². The molecule has 0 radical (unpaired) electrons. The maximum Gasteiger partial charge on any atom is 0.0576 e. The lowest BCUT2D eigenvalue weighted by Gasteiger charge is -2.13. The molecule has 0 aliphatic carbocycles. The van der Waals surface area contributed by atoms with Crippen molar-refractivity contribution in [3.8, 4) is 0 Å². The third kappa shape index (κ3) is 6.13. The van der Waals surface area contributed by atoms with E-state index in [2.05, 4.69) is 0 Å². The fraction of sp³-hybridized carbons (Fsp3) is 1.00. The zero-order valence-corrected chi connectivity index (χ0v) is 9.91. The van der Waals surface area contributed by atoms with Crippen molar-refractivity contribution in [2.24, 2.45) is 5.73 Å². The van der Waals surface area contributed by atoms with Crippen molar-refractivity contribution in [3.05, 3.63) is 0 Å². The molecular weight excluding hydrogens is 190 g/mol. The lowest BCUT2D eigenvalue weighted by atomic mass is 10.0. The summed E-state index contributed by atoms with van der Waals surface area (Å²) in [4.78, 5) is 0. The van der Waals surface area contributed by atoms with E-state index >= 15 is 0 Å². The van der Waals surface area contributed by atoms with Crippen molar-refractivity contribution in [2.75, 3.05) is 19.8 Å². The van der Waals surface area contributed by atoms with E-state index < -0.39 is 0 Å². The Balaban J connectivity index is 1.89. The van der Waals surface area contributed by atoms with Gasteiger partial charge in [0, 0.05) is 25.9 Å². The van der Waals surface area contributed by atoms with Crippen molar-refractivity contribution in [2.45, 2.75) is 57.6 Å². The molecule has 0 bridgehead atoms. The minimum absolute atomic E-state index is 0.304. The van der Waals surface area contributed by atoms with Gasteiger partial charge in [-0.25, -0.2) is 0 Å². The van der Waals surface area contributed by atoms with Gasteiger partial charge in [0.1, 0.15) is 0 Å². The Morgan fingerprint density at radius 1 is 1.47 bits per heavy atom. The predicted octanol–water partition coefficient (Wildman–Crippen LogP) is 2.09. The summed E-state index contributed by atoms with van der Waals surface area (Å²) in [5.74, 6) is 0. The molecule has 0 spiro atoms. The second-order valence-corrected chi connectivity index (χ2v) is 4.31. The monoisotopic (exact) mass is 215 g/mol. The Morgan fingerprint density at radius 2 is 2.33 bits per heavy atom. The summed E-state index contributed by atoms with van der Waals surface area (Å²) in [5.41, 5.74) is 5.98. The third-order valence-electron chi connectivity index (χ3n) is 2.96. The van der Waals surface area contributed by atoms with E-state index in [4.69, 9.17) is 15.2 Å². The first-order valence-corrected chi connectivity index (χ1v) is 6.28. The van der Waals surface area contributed by atoms with Crippen LogP contribution in [0.5, 0.6) is 0 Å². The van der Waals surface area contributed by atoms with Crippen LogP contribution in [0.25, 0.3) is 0 Å². The Morgan fingerprint density at radius 3 is 3.00 bits per heavy atom. The van der Waals surface area contributed by atoms with Crippen molar-refractivity contribution >= 4 is 0 Å². The molecule has 90 valence electrons. The molecule has 0 saturated carbocycles. The summed E-state index contributed by atoms with van der Waals surface area (Å²) in [6.07, 6.45) is 7.46. The third-order valence-corrected chi connectivity index (χ3v) is 2.96. The van der Waals surface area contributed by atoms with Crippen LogP contribution in [0.1, 0.15) is 45.4 Å². The van der Waals surface area contributed by atoms with Gasteiger partial charge in [-0.05, 0) is 45.4 Å². The zero-order chi connectivity index (χ0) is 10.9. The molecule has 0 aromatic rings. The highest BCUT2D eigenvalue weighted by atomic mass is 16.5. The van der Waals surface area contributed by atoms with Gasteiger partial charge in [-0.15, -0.1) is 0 Å². The first kappa shape index (κ1) is 12.9. The van der Waals surface area contributed by atoms with E-state index in [0.717, 1.165) is 32.7 Å². The van der Waals surface area contributed by atoms with E-state index in [9.17, 15) is 0 Å². The summed E-state index contributed by atoms with van der Waals surface area (Å²) in [6.45, 7) is 4.57. The molecule has 0 amide bonds. The minimum Gasteiger partial charge on any atom is -0.382 e. The maximum atomic E-state index is 5.98. The van der Waals surface area contributed by atoms with E-state index in [1.807, 2.05) is 6.92 Å². The fourth-order valence-electron chi connectivity index (χ4n) is 2.00. The summed E-state index contributed by atoms with van der Waals surface area (Å²) in [5, 5.41) is 0. The lowest BCUT2D eigenvalue weighted by molar-refractivity contribution is 0.100. The molecule has 1 fully saturated rings. The summed E-state index contributed by atoms with van der Waals surface area (Å²) in [7, 11) is 0. The number of nitrogens with two attached hydrogens (primary N) is 1. The largest absolute Gasteiger partial charge is 0.382 e. The Bertz CT molecular complexity index is 147. The second kappa shape index (κ2) is 8.08. The lowest BCUT2D eigenvalue weighted by Crippen LogP contribution is -2.22. The smallest absolute Gasteiger partial charge is 0.0576 e. The van der Waals surface area contributed by atoms with Gasteiger partial charge in [-0.3, -0.25) is 0 Å².